The van der Waals surface area contributed by atoms with E-state index < -0.39 is 42.0 Å². The van der Waals surface area contributed by atoms with Crippen LogP contribution < -0.4 is 16.0 Å². The highest BCUT2D eigenvalue weighted by Gasteiger charge is 2.35. The zero-order valence-electron chi connectivity index (χ0n) is 24.3. The van der Waals surface area contributed by atoms with Gasteiger partial charge in [0.15, 0.2) is 0 Å². The van der Waals surface area contributed by atoms with E-state index in [-0.39, 0.29) is 30.6 Å². The first-order valence-corrected chi connectivity index (χ1v) is 14.7. The Balaban J connectivity index is 2.27. The van der Waals surface area contributed by atoms with Crippen molar-refractivity contribution in [2.75, 3.05) is 0 Å². The number of hydrogen-bond donors (Lipinski definition) is 3. The van der Waals surface area contributed by atoms with E-state index in [9.17, 15) is 19.2 Å². The van der Waals surface area contributed by atoms with Gasteiger partial charge in [-0.25, -0.2) is 4.79 Å². The molecule has 0 bridgehead atoms. The molecule has 1 saturated heterocycles. The minimum atomic E-state index is -0.931. The van der Waals surface area contributed by atoms with Crippen molar-refractivity contribution in [2.24, 2.45) is 11.8 Å². The van der Waals surface area contributed by atoms with E-state index in [1.54, 1.807) is 25.3 Å². The number of carbonyl (C=O) groups is 4. The van der Waals surface area contributed by atoms with E-state index in [4.69, 9.17) is 4.74 Å². The van der Waals surface area contributed by atoms with Gasteiger partial charge in [0.2, 0.25) is 17.7 Å². The molecule has 0 aromatic carbocycles. The summed E-state index contributed by atoms with van der Waals surface area (Å²) < 4.78 is 5.96. The highest BCUT2D eigenvalue weighted by atomic mass is 16.5. The fourth-order valence-electron chi connectivity index (χ4n) is 4.71. The quantitative estimate of drug-likeness (QED) is 0.271. The highest BCUT2D eigenvalue weighted by Crippen LogP contribution is 2.22. The van der Waals surface area contributed by atoms with Crippen molar-refractivity contribution in [2.45, 2.75) is 123 Å². The molecular formula is C30H48N4O5. The van der Waals surface area contributed by atoms with Crippen molar-refractivity contribution in [3.05, 3.63) is 30.1 Å². The molecule has 6 atom stereocenters. The van der Waals surface area contributed by atoms with E-state index in [1.165, 1.54) is 19.3 Å². The minimum absolute atomic E-state index is 0.0636. The normalized spacial score (nSPS) is 24.6. The van der Waals surface area contributed by atoms with E-state index >= 15 is 0 Å². The Morgan fingerprint density at radius 1 is 0.923 bits per heavy atom. The van der Waals surface area contributed by atoms with Crippen LogP contribution in [0.3, 0.4) is 0 Å². The molecule has 1 aliphatic rings. The molecule has 0 aliphatic carbocycles. The summed E-state index contributed by atoms with van der Waals surface area (Å²) in [5.74, 6) is -2.15. The molecule has 3 N–H and O–H groups in total. The number of carbonyl (C=O) groups excluding carboxylic acids is 4. The van der Waals surface area contributed by atoms with Gasteiger partial charge in [-0.2, -0.15) is 0 Å². The molecular weight excluding hydrogens is 496 g/mol. The van der Waals surface area contributed by atoms with Crippen molar-refractivity contribution in [3.8, 4) is 0 Å². The Morgan fingerprint density at radius 3 is 2.31 bits per heavy atom. The number of unbranched alkanes of at least 4 members (excludes halogenated alkanes) is 5. The van der Waals surface area contributed by atoms with Gasteiger partial charge in [-0.1, -0.05) is 78.7 Å². The van der Waals surface area contributed by atoms with Crippen LogP contribution >= 0.6 is 0 Å². The summed E-state index contributed by atoms with van der Waals surface area (Å²) >= 11 is 0. The number of cyclic esters (lactones) is 1. The van der Waals surface area contributed by atoms with Crippen LogP contribution in [0.5, 0.6) is 0 Å². The van der Waals surface area contributed by atoms with Gasteiger partial charge in [0.05, 0.1) is 6.42 Å². The van der Waals surface area contributed by atoms with Gasteiger partial charge in [0, 0.05) is 18.3 Å². The summed E-state index contributed by atoms with van der Waals surface area (Å²) in [6.45, 7) is 9.54. The number of esters is 1. The van der Waals surface area contributed by atoms with Gasteiger partial charge < -0.3 is 20.7 Å². The molecule has 0 spiro atoms. The lowest BCUT2D eigenvalue weighted by atomic mass is 9.93. The van der Waals surface area contributed by atoms with Crippen LogP contribution in [0.1, 0.15) is 98.1 Å². The maximum absolute atomic E-state index is 13.3. The van der Waals surface area contributed by atoms with Crippen molar-refractivity contribution in [1.82, 2.24) is 20.9 Å². The van der Waals surface area contributed by atoms with Crippen molar-refractivity contribution < 1.29 is 23.9 Å². The first kappa shape index (κ1) is 32.2. The fourth-order valence-corrected chi connectivity index (χ4v) is 4.71. The third-order valence-corrected chi connectivity index (χ3v) is 7.61. The molecule has 1 aliphatic heterocycles. The number of pyridine rings is 1. The van der Waals surface area contributed by atoms with E-state index in [0.717, 1.165) is 25.7 Å². The Labute approximate surface area is 233 Å². The van der Waals surface area contributed by atoms with Crippen LogP contribution in [0.4, 0.5) is 0 Å². The van der Waals surface area contributed by atoms with Gasteiger partial charge >= 0.3 is 5.97 Å². The molecule has 2 rings (SSSR count). The number of nitrogens with one attached hydrogen (secondary N) is 3. The second-order valence-corrected chi connectivity index (χ2v) is 11.0. The molecule has 2 heterocycles. The van der Waals surface area contributed by atoms with Gasteiger partial charge in [0.1, 0.15) is 24.2 Å². The summed E-state index contributed by atoms with van der Waals surface area (Å²) in [5, 5.41) is 8.29. The third kappa shape index (κ3) is 11.0. The summed E-state index contributed by atoms with van der Waals surface area (Å²) in [5.41, 5.74) is 0.635. The summed E-state index contributed by atoms with van der Waals surface area (Å²) in [6, 6.07) is 2.64. The van der Waals surface area contributed by atoms with Crippen LogP contribution in [0, 0.1) is 11.8 Å². The smallest absolute Gasteiger partial charge is 0.329 e. The lowest BCUT2D eigenvalue weighted by Gasteiger charge is -2.29. The largest absolute Gasteiger partial charge is 0.460 e. The van der Waals surface area contributed by atoms with Crippen LogP contribution in [0.2, 0.25) is 0 Å². The summed E-state index contributed by atoms with van der Waals surface area (Å²) in [6.07, 6.45) is 9.37. The van der Waals surface area contributed by atoms with Crippen LogP contribution in [-0.2, 0) is 30.3 Å². The first-order chi connectivity index (χ1) is 18.7. The van der Waals surface area contributed by atoms with Gasteiger partial charge in [0.25, 0.3) is 0 Å². The van der Waals surface area contributed by atoms with Crippen molar-refractivity contribution in [3.63, 3.8) is 0 Å². The molecule has 1 fully saturated rings. The zero-order chi connectivity index (χ0) is 28.8. The molecule has 1 aromatic rings. The van der Waals surface area contributed by atoms with Gasteiger partial charge in [-0.05, 0) is 37.3 Å². The molecule has 0 radical (unpaired) electrons. The number of amides is 3. The summed E-state index contributed by atoms with van der Waals surface area (Å²) in [7, 11) is 0. The molecule has 3 amide bonds. The van der Waals surface area contributed by atoms with E-state index in [2.05, 4.69) is 27.9 Å². The lowest BCUT2D eigenvalue weighted by molar-refractivity contribution is -0.158. The average Bonchev–Trinajstić information content (AvgIpc) is 2.92. The molecule has 39 heavy (non-hydrogen) atoms. The molecule has 0 unspecified atom stereocenters. The first-order valence-electron chi connectivity index (χ1n) is 14.7. The maximum Gasteiger partial charge on any atom is 0.329 e. The van der Waals surface area contributed by atoms with Gasteiger partial charge in [-0.3, -0.25) is 19.4 Å². The molecule has 9 heteroatoms. The molecule has 9 nitrogen and oxygen atoms in total. The van der Waals surface area contributed by atoms with Crippen molar-refractivity contribution in [1.29, 1.82) is 0 Å². The topological polar surface area (TPSA) is 126 Å². The number of aromatic nitrogens is 1. The highest BCUT2D eigenvalue weighted by molar-refractivity contribution is 5.94. The fraction of sp³-hybridized carbons (Fsp3) is 0.700. The maximum atomic E-state index is 13.3. The second kappa shape index (κ2) is 16.9. The number of rotatable bonds is 12. The molecule has 0 saturated carbocycles. The number of nitrogens with zero attached hydrogens (tertiary/aromatic N) is 1. The summed E-state index contributed by atoms with van der Waals surface area (Å²) in [4.78, 5) is 57.0. The Hall–Kier alpha value is -2.97. The zero-order valence-corrected chi connectivity index (χ0v) is 24.3. The van der Waals surface area contributed by atoms with E-state index in [1.807, 2.05) is 26.8 Å². The standard InChI is InChI=1S/C30H48N4O5/c1-6-8-9-10-11-12-15-21(4)25-19-26(35)33-24(18-23-16-13-14-17-31-23)29(37)32-22(5)28(36)34-27(20(3)7-2)30(38)39-25/h13-14,16-17,20-22,24-25,27H,6-12,15,18-19H2,1-5H3,(H,32,37)(H,33,35)(H,34,36)/t20-,21-,22-,24-,25-,27+/m0/s1. The average molecular weight is 545 g/mol. The molecule has 218 valence electrons. The lowest BCUT2D eigenvalue weighted by Crippen LogP contribution is -2.55. The van der Waals surface area contributed by atoms with Crippen LogP contribution in [0.15, 0.2) is 24.4 Å². The number of hydrogen-bond acceptors (Lipinski definition) is 6. The second-order valence-electron chi connectivity index (χ2n) is 11.0. The Morgan fingerprint density at radius 2 is 1.64 bits per heavy atom. The van der Waals surface area contributed by atoms with E-state index in [0.29, 0.717) is 12.1 Å². The predicted molar refractivity (Wildman–Crippen MR) is 151 cm³/mol. The van der Waals surface area contributed by atoms with Crippen molar-refractivity contribution >= 4 is 23.7 Å². The number of ether oxygens (including phenoxy) is 1. The third-order valence-electron chi connectivity index (χ3n) is 7.61. The predicted octanol–water partition coefficient (Wildman–Crippen LogP) is 3.85. The monoisotopic (exact) mass is 544 g/mol. The SMILES string of the molecule is CCCCCCCC[C@H](C)[C@@H]1CC(=O)N[C@@H](Cc2ccccn2)C(=O)N[C@@H](C)C(=O)N[C@H]([C@@H](C)CC)C(=O)O1. The Bertz CT molecular complexity index is 925. The minimum Gasteiger partial charge on any atom is -0.460 e. The van der Waals surface area contributed by atoms with Gasteiger partial charge in [-0.15, -0.1) is 0 Å². The molecule has 1 aromatic heterocycles. The van der Waals surface area contributed by atoms with Crippen LogP contribution in [0.25, 0.3) is 0 Å². The van der Waals surface area contributed by atoms with Crippen LogP contribution in [-0.4, -0.2) is 52.9 Å². The Kier molecular flexibility index (Phi) is 14.0.